The van der Waals surface area contributed by atoms with Crippen molar-refractivity contribution >= 4 is 91.8 Å². The Labute approximate surface area is 178 Å². The first-order chi connectivity index (χ1) is 11.9. The zero-order valence-corrected chi connectivity index (χ0v) is 18.1. The van der Waals surface area contributed by atoms with Crippen LogP contribution in [0.25, 0.3) is 6.08 Å². The van der Waals surface area contributed by atoms with Crippen LogP contribution >= 0.6 is 69.8 Å². The van der Waals surface area contributed by atoms with Crippen molar-refractivity contribution in [3.63, 3.8) is 0 Å². The summed E-state index contributed by atoms with van der Waals surface area (Å²) in [7, 11) is 1.62. The number of halogens is 3. The second-order valence-corrected chi connectivity index (χ2v) is 8.66. The quantitative estimate of drug-likeness (QED) is 0.281. The molecule has 1 heterocycles. The Balaban J connectivity index is 1.92. The van der Waals surface area contributed by atoms with Crippen molar-refractivity contribution < 1.29 is 9.53 Å². The van der Waals surface area contributed by atoms with Crippen LogP contribution in [0.1, 0.15) is 5.56 Å². The molecule has 1 aliphatic rings. The van der Waals surface area contributed by atoms with E-state index in [2.05, 4.69) is 22.6 Å². The Kier molecular flexibility index (Phi) is 5.95. The summed E-state index contributed by atoms with van der Waals surface area (Å²) in [5.41, 5.74) is 1.50. The summed E-state index contributed by atoms with van der Waals surface area (Å²) in [5.74, 6) is 0.611. The van der Waals surface area contributed by atoms with Gasteiger partial charge >= 0.3 is 0 Å². The van der Waals surface area contributed by atoms with Gasteiger partial charge in [0, 0.05) is 0 Å². The maximum Gasteiger partial charge on any atom is 0.270 e. The number of amides is 1. The lowest BCUT2D eigenvalue weighted by Gasteiger charge is -2.15. The van der Waals surface area contributed by atoms with Crippen molar-refractivity contribution in [1.29, 1.82) is 0 Å². The molecule has 25 heavy (non-hydrogen) atoms. The number of methoxy groups -OCH3 is 1. The van der Waals surface area contributed by atoms with Crippen LogP contribution in [0.15, 0.2) is 41.3 Å². The van der Waals surface area contributed by atoms with Crippen molar-refractivity contribution in [3.05, 3.63) is 60.5 Å². The first-order valence-electron chi connectivity index (χ1n) is 6.97. The fraction of sp³-hybridized carbons (Fsp3) is 0.0588. The van der Waals surface area contributed by atoms with E-state index in [0.29, 0.717) is 25.0 Å². The molecule has 1 aliphatic heterocycles. The summed E-state index contributed by atoms with van der Waals surface area (Å²) in [6.45, 7) is 0. The van der Waals surface area contributed by atoms with E-state index in [0.717, 1.165) is 14.9 Å². The van der Waals surface area contributed by atoms with Gasteiger partial charge < -0.3 is 4.74 Å². The van der Waals surface area contributed by atoms with Crippen LogP contribution in [0, 0.1) is 3.57 Å². The molecule has 8 heteroatoms. The molecule has 0 aliphatic carbocycles. The van der Waals surface area contributed by atoms with Gasteiger partial charge in [-0.05, 0) is 64.6 Å². The summed E-state index contributed by atoms with van der Waals surface area (Å²) in [4.78, 5) is 14.8. The zero-order valence-electron chi connectivity index (χ0n) is 12.8. The summed E-state index contributed by atoms with van der Waals surface area (Å²) < 4.78 is 6.67. The standard InChI is InChI=1S/C17H10Cl2INO2S2/c1-23-14-5-2-9(6-13(14)20)7-15-16(22)21(17(24)25-15)10-3-4-11(18)12(19)8-10/h2-8H,1H3/b15-7+. The maximum atomic E-state index is 12.8. The molecule has 1 fully saturated rings. The summed E-state index contributed by atoms with van der Waals surface area (Å²) >= 11 is 20.8. The Morgan fingerprint density at radius 1 is 1.20 bits per heavy atom. The lowest BCUT2D eigenvalue weighted by Crippen LogP contribution is -2.27. The lowest BCUT2D eigenvalue weighted by atomic mass is 10.2. The highest BCUT2D eigenvalue weighted by molar-refractivity contribution is 14.1. The third kappa shape index (κ3) is 3.98. The number of carbonyl (C=O) groups is 1. The summed E-state index contributed by atoms with van der Waals surface area (Å²) in [6, 6.07) is 10.7. The Hall–Kier alpha value is -0.800. The average Bonchev–Trinajstić information content (AvgIpc) is 2.84. The fourth-order valence-electron chi connectivity index (χ4n) is 2.24. The second-order valence-electron chi connectivity index (χ2n) is 5.01. The minimum atomic E-state index is -0.181. The Morgan fingerprint density at radius 3 is 2.60 bits per heavy atom. The molecule has 0 radical (unpaired) electrons. The number of anilines is 1. The van der Waals surface area contributed by atoms with Crippen molar-refractivity contribution in [2.45, 2.75) is 0 Å². The van der Waals surface area contributed by atoms with Gasteiger partial charge in [0.15, 0.2) is 4.32 Å². The molecule has 3 rings (SSSR count). The van der Waals surface area contributed by atoms with Gasteiger partial charge in [0.2, 0.25) is 0 Å². The van der Waals surface area contributed by atoms with Crippen molar-refractivity contribution in [2.75, 3.05) is 12.0 Å². The molecular weight excluding hydrogens is 512 g/mol. The largest absolute Gasteiger partial charge is 0.496 e. The van der Waals surface area contributed by atoms with E-state index in [-0.39, 0.29) is 5.91 Å². The molecule has 3 nitrogen and oxygen atoms in total. The van der Waals surface area contributed by atoms with E-state index in [4.69, 9.17) is 40.2 Å². The number of rotatable bonds is 3. The molecular formula is C17H10Cl2INO2S2. The van der Waals surface area contributed by atoms with Crippen LogP contribution in [0.5, 0.6) is 5.75 Å². The number of nitrogens with zero attached hydrogens (tertiary/aromatic N) is 1. The Bertz CT molecular complexity index is 918. The van der Waals surface area contributed by atoms with Crippen molar-refractivity contribution in [2.24, 2.45) is 0 Å². The molecule has 0 atom stereocenters. The predicted octanol–water partition coefficient (Wildman–Crippen LogP) is 6.01. The van der Waals surface area contributed by atoms with E-state index >= 15 is 0 Å². The minimum Gasteiger partial charge on any atom is -0.496 e. The topological polar surface area (TPSA) is 29.5 Å². The molecule has 2 aromatic rings. The monoisotopic (exact) mass is 521 g/mol. The van der Waals surface area contributed by atoms with Gasteiger partial charge in [-0.25, -0.2) is 0 Å². The molecule has 0 bridgehead atoms. The smallest absolute Gasteiger partial charge is 0.270 e. The molecule has 128 valence electrons. The van der Waals surface area contributed by atoms with Crippen LogP contribution in [-0.4, -0.2) is 17.3 Å². The zero-order chi connectivity index (χ0) is 18.1. The number of thiocarbonyl (C=S) groups is 1. The SMILES string of the molecule is COc1ccc(/C=C2/SC(=S)N(c3ccc(Cl)c(Cl)c3)C2=O)cc1I. The van der Waals surface area contributed by atoms with Crippen LogP contribution in [-0.2, 0) is 4.79 Å². The molecule has 0 N–H and O–H groups in total. The average molecular weight is 522 g/mol. The van der Waals surface area contributed by atoms with Crippen LogP contribution in [0.3, 0.4) is 0 Å². The number of carbonyl (C=O) groups excluding carboxylic acids is 1. The van der Waals surface area contributed by atoms with Gasteiger partial charge in [0.25, 0.3) is 5.91 Å². The van der Waals surface area contributed by atoms with Crippen molar-refractivity contribution in [3.8, 4) is 5.75 Å². The first-order valence-corrected chi connectivity index (χ1v) is 10.0. The molecule has 0 spiro atoms. The van der Waals surface area contributed by atoms with Crippen LogP contribution in [0.2, 0.25) is 10.0 Å². The summed E-state index contributed by atoms with van der Waals surface area (Å²) in [5, 5.41) is 0.807. The van der Waals surface area contributed by atoms with E-state index in [1.807, 2.05) is 24.3 Å². The van der Waals surface area contributed by atoms with Gasteiger partial charge in [-0.3, -0.25) is 9.69 Å². The molecule has 0 unspecified atom stereocenters. The number of thioether (sulfide) groups is 1. The van der Waals surface area contributed by atoms with Gasteiger partial charge in [-0.1, -0.05) is 53.2 Å². The van der Waals surface area contributed by atoms with Crippen LogP contribution in [0.4, 0.5) is 5.69 Å². The highest BCUT2D eigenvalue weighted by Crippen LogP contribution is 2.38. The number of benzene rings is 2. The fourth-order valence-corrected chi connectivity index (χ4v) is 4.59. The normalized spacial score (nSPS) is 16.0. The summed E-state index contributed by atoms with van der Waals surface area (Å²) in [6.07, 6.45) is 1.82. The second kappa shape index (κ2) is 7.84. The van der Waals surface area contributed by atoms with Crippen molar-refractivity contribution in [1.82, 2.24) is 0 Å². The Morgan fingerprint density at radius 2 is 1.96 bits per heavy atom. The van der Waals surface area contributed by atoms with Crippen LogP contribution < -0.4 is 9.64 Å². The third-order valence-electron chi connectivity index (χ3n) is 3.43. The predicted molar refractivity (Wildman–Crippen MR) is 118 cm³/mol. The first kappa shape index (κ1) is 19.0. The van der Waals surface area contributed by atoms with Gasteiger partial charge in [-0.2, -0.15) is 0 Å². The molecule has 1 saturated heterocycles. The van der Waals surface area contributed by atoms with Gasteiger partial charge in [0.1, 0.15) is 5.75 Å². The lowest BCUT2D eigenvalue weighted by molar-refractivity contribution is -0.113. The molecule has 1 amide bonds. The molecule has 2 aromatic carbocycles. The third-order valence-corrected chi connectivity index (χ3v) is 6.31. The number of ether oxygens (including phenoxy) is 1. The number of hydrogen-bond donors (Lipinski definition) is 0. The maximum absolute atomic E-state index is 12.8. The van der Waals surface area contributed by atoms with Gasteiger partial charge in [0.05, 0.1) is 31.3 Å². The highest BCUT2D eigenvalue weighted by atomic mass is 127. The molecule has 0 aromatic heterocycles. The van der Waals surface area contributed by atoms with E-state index in [1.165, 1.54) is 16.7 Å². The highest BCUT2D eigenvalue weighted by Gasteiger charge is 2.33. The minimum absolute atomic E-state index is 0.181. The number of hydrogen-bond acceptors (Lipinski definition) is 4. The van der Waals surface area contributed by atoms with E-state index in [9.17, 15) is 4.79 Å². The van der Waals surface area contributed by atoms with Gasteiger partial charge in [-0.15, -0.1) is 0 Å². The molecule has 0 saturated carbocycles. The van der Waals surface area contributed by atoms with E-state index in [1.54, 1.807) is 25.3 Å². The van der Waals surface area contributed by atoms with E-state index < -0.39 is 0 Å².